The summed E-state index contributed by atoms with van der Waals surface area (Å²) in [5.41, 5.74) is 11.0. The summed E-state index contributed by atoms with van der Waals surface area (Å²) >= 11 is 5.98. The quantitative estimate of drug-likeness (QED) is 0.583. The summed E-state index contributed by atoms with van der Waals surface area (Å²) in [5.74, 6) is 0. The molecule has 6 heteroatoms. The molecule has 0 unspecified atom stereocenters. The van der Waals surface area contributed by atoms with Crippen molar-refractivity contribution in [2.75, 3.05) is 6.54 Å². The van der Waals surface area contributed by atoms with Gasteiger partial charge >= 0.3 is 0 Å². The van der Waals surface area contributed by atoms with Crippen molar-refractivity contribution in [1.29, 1.82) is 0 Å². The fraction of sp³-hybridized carbons (Fsp3) is 0.111. The minimum Gasteiger partial charge on any atom is -0.398 e. The van der Waals surface area contributed by atoms with Crippen molar-refractivity contribution in [2.45, 2.75) is 6.92 Å². The molecule has 24 heavy (non-hydrogen) atoms. The monoisotopic (exact) mass is 337 g/mol. The molecule has 0 saturated carbocycles. The lowest BCUT2D eigenvalue weighted by Crippen LogP contribution is -2.03. The summed E-state index contributed by atoms with van der Waals surface area (Å²) in [4.78, 5) is 17.1. The van der Waals surface area contributed by atoms with E-state index in [9.17, 15) is 0 Å². The molecule has 0 atom stereocenters. The van der Waals surface area contributed by atoms with Gasteiger partial charge in [0.25, 0.3) is 0 Å². The van der Waals surface area contributed by atoms with Gasteiger partial charge in [0, 0.05) is 53.7 Å². The summed E-state index contributed by atoms with van der Waals surface area (Å²) in [6, 6.07) is 9.19. The lowest BCUT2D eigenvalue weighted by atomic mass is 10.0. The van der Waals surface area contributed by atoms with Crippen LogP contribution in [0.5, 0.6) is 0 Å². The maximum Gasteiger partial charge on any atom is 0.129 e. The van der Waals surface area contributed by atoms with Gasteiger partial charge in [0.15, 0.2) is 0 Å². The number of rotatable bonds is 4. The molecule has 120 valence electrons. The smallest absolute Gasteiger partial charge is 0.129 e. The number of aliphatic imine (C=N–C) groups is 1. The topological polar surface area (TPSA) is 77.0 Å². The molecule has 0 amide bonds. The zero-order valence-electron chi connectivity index (χ0n) is 13.1. The normalized spacial score (nSPS) is 12.6. The number of nitrogens with zero attached hydrogens (tertiary/aromatic N) is 4. The Morgan fingerprint density at radius 3 is 2.71 bits per heavy atom. The molecule has 0 aliphatic carbocycles. The SMILES string of the molecule is CCN=CC(=C(N)c1ccncc1)c1cnc2ccc(Cl)nc2c1. The highest BCUT2D eigenvalue weighted by Gasteiger charge is 2.09. The fourth-order valence-electron chi connectivity index (χ4n) is 2.30. The molecule has 0 spiro atoms. The standard InChI is InChI=1S/C18H16ClN5/c1-2-21-11-14(18(20)12-5-7-22-8-6-12)13-9-16-15(23-10-13)3-4-17(19)24-16/h3-11H,2,20H2,1H3. The van der Waals surface area contributed by atoms with Crippen LogP contribution in [0.1, 0.15) is 18.1 Å². The second kappa shape index (κ2) is 7.19. The number of allylic oxidation sites excluding steroid dienone is 1. The molecule has 0 fully saturated rings. The first kappa shape index (κ1) is 16.1. The molecule has 3 heterocycles. The van der Waals surface area contributed by atoms with Crippen LogP contribution in [-0.4, -0.2) is 27.7 Å². The Morgan fingerprint density at radius 2 is 1.96 bits per heavy atom. The predicted octanol–water partition coefficient (Wildman–Crippen LogP) is 3.60. The number of pyridine rings is 3. The Bertz CT molecular complexity index is 919. The molecule has 0 aliphatic heterocycles. The van der Waals surface area contributed by atoms with Crippen LogP contribution < -0.4 is 5.73 Å². The number of nitrogens with two attached hydrogens (primary N) is 1. The number of hydrogen-bond acceptors (Lipinski definition) is 5. The second-order valence-corrected chi connectivity index (χ2v) is 5.47. The third-order valence-corrected chi connectivity index (χ3v) is 3.71. The van der Waals surface area contributed by atoms with Crippen LogP contribution in [0.25, 0.3) is 22.3 Å². The summed E-state index contributed by atoms with van der Waals surface area (Å²) < 4.78 is 0. The van der Waals surface area contributed by atoms with Crippen LogP contribution in [0.15, 0.2) is 53.9 Å². The van der Waals surface area contributed by atoms with Crippen LogP contribution in [0, 0.1) is 0 Å². The van der Waals surface area contributed by atoms with Crippen molar-refractivity contribution in [3.63, 3.8) is 0 Å². The van der Waals surface area contributed by atoms with E-state index in [0.29, 0.717) is 22.9 Å². The van der Waals surface area contributed by atoms with Gasteiger partial charge < -0.3 is 5.73 Å². The lowest BCUT2D eigenvalue weighted by Gasteiger charge is -2.09. The minimum absolute atomic E-state index is 0.427. The first-order chi connectivity index (χ1) is 11.7. The molecule has 3 aromatic heterocycles. The largest absolute Gasteiger partial charge is 0.398 e. The molecule has 0 bridgehead atoms. The zero-order chi connectivity index (χ0) is 16.9. The van der Waals surface area contributed by atoms with E-state index in [1.165, 1.54) is 0 Å². The third-order valence-electron chi connectivity index (χ3n) is 3.50. The van der Waals surface area contributed by atoms with Gasteiger partial charge in [0.05, 0.1) is 11.0 Å². The third kappa shape index (κ3) is 3.41. The van der Waals surface area contributed by atoms with E-state index < -0.39 is 0 Å². The summed E-state index contributed by atoms with van der Waals surface area (Å²) in [6.07, 6.45) is 6.94. The van der Waals surface area contributed by atoms with Crippen molar-refractivity contribution in [1.82, 2.24) is 15.0 Å². The molecule has 0 aliphatic rings. The van der Waals surface area contributed by atoms with Gasteiger partial charge in [0.1, 0.15) is 5.15 Å². The van der Waals surface area contributed by atoms with Crippen molar-refractivity contribution < 1.29 is 0 Å². The Labute approximate surface area is 145 Å². The Balaban J connectivity index is 2.17. The van der Waals surface area contributed by atoms with E-state index in [1.807, 2.05) is 31.2 Å². The lowest BCUT2D eigenvalue weighted by molar-refractivity contribution is 1.14. The van der Waals surface area contributed by atoms with Crippen molar-refractivity contribution in [2.24, 2.45) is 10.7 Å². The number of aromatic nitrogens is 3. The van der Waals surface area contributed by atoms with Gasteiger partial charge in [0.2, 0.25) is 0 Å². The van der Waals surface area contributed by atoms with Crippen LogP contribution in [0.2, 0.25) is 5.15 Å². The highest BCUT2D eigenvalue weighted by molar-refractivity contribution is 6.29. The highest BCUT2D eigenvalue weighted by atomic mass is 35.5. The Hall–Kier alpha value is -2.79. The second-order valence-electron chi connectivity index (χ2n) is 5.09. The number of fused-ring (bicyclic) bond motifs is 1. The molecular formula is C18H16ClN5. The van der Waals surface area contributed by atoms with Gasteiger partial charge in [-0.3, -0.25) is 15.0 Å². The molecule has 0 aromatic carbocycles. The fourth-order valence-corrected chi connectivity index (χ4v) is 2.45. The maximum atomic E-state index is 6.37. The van der Waals surface area contributed by atoms with Crippen LogP contribution in [0.4, 0.5) is 0 Å². The van der Waals surface area contributed by atoms with Gasteiger partial charge in [-0.15, -0.1) is 0 Å². The van der Waals surface area contributed by atoms with Crippen LogP contribution in [0.3, 0.4) is 0 Å². The van der Waals surface area contributed by atoms with Crippen molar-refractivity contribution in [3.05, 3.63) is 65.2 Å². The van der Waals surface area contributed by atoms with Gasteiger partial charge in [-0.25, -0.2) is 4.98 Å². The van der Waals surface area contributed by atoms with E-state index in [4.69, 9.17) is 17.3 Å². The molecule has 3 aromatic rings. The van der Waals surface area contributed by atoms with Gasteiger partial charge in [-0.2, -0.15) is 0 Å². The molecular weight excluding hydrogens is 322 g/mol. The van der Waals surface area contributed by atoms with Crippen molar-refractivity contribution in [3.8, 4) is 0 Å². The first-order valence-corrected chi connectivity index (χ1v) is 7.89. The molecule has 2 N–H and O–H groups in total. The van der Waals surface area contributed by atoms with Gasteiger partial charge in [-0.1, -0.05) is 11.6 Å². The summed E-state index contributed by atoms with van der Waals surface area (Å²) in [6.45, 7) is 2.63. The first-order valence-electron chi connectivity index (χ1n) is 7.51. The van der Waals surface area contributed by atoms with Crippen LogP contribution in [-0.2, 0) is 0 Å². The Kier molecular flexibility index (Phi) is 4.82. The van der Waals surface area contributed by atoms with E-state index in [-0.39, 0.29) is 0 Å². The van der Waals surface area contributed by atoms with Crippen molar-refractivity contribution >= 4 is 40.1 Å². The Morgan fingerprint density at radius 1 is 1.17 bits per heavy atom. The molecule has 5 nitrogen and oxygen atoms in total. The van der Waals surface area contributed by atoms with E-state index in [2.05, 4.69) is 19.9 Å². The summed E-state index contributed by atoms with van der Waals surface area (Å²) in [5, 5.41) is 0.427. The zero-order valence-corrected chi connectivity index (χ0v) is 13.9. The average Bonchev–Trinajstić information content (AvgIpc) is 2.62. The minimum atomic E-state index is 0.427. The maximum absolute atomic E-state index is 6.37. The molecule has 0 saturated heterocycles. The molecule has 3 rings (SSSR count). The highest BCUT2D eigenvalue weighted by Crippen LogP contribution is 2.23. The number of halogens is 1. The van der Waals surface area contributed by atoms with E-state index in [1.54, 1.807) is 30.9 Å². The summed E-state index contributed by atoms with van der Waals surface area (Å²) in [7, 11) is 0. The predicted molar refractivity (Wildman–Crippen MR) is 98.8 cm³/mol. The van der Waals surface area contributed by atoms with Crippen LogP contribution >= 0.6 is 11.6 Å². The number of hydrogen-bond donors (Lipinski definition) is 1. The molecule has 0 radical (unpaired) electrons. The van der Waals surface area contributed by atoms with E-state index in [0.717, 1.165) is 22.2 Å². The average molecular weight is 338 g/mol. The van der Waals surface area contributed by atoms with E-state index >= 15 is 0 Å². The van der Waals surface area contributed by atoms with Gasteiger partial charge in [-0.05, 0) is 37.3 Å².